The zero-order valence-electron chi connectivity index (χ0n) is 8.41. The number of carbonyl (C=O) groups excluding carboxylic acids is 1. The highest BCUT2D eigenvalue weighted by Gasteiger charge is 2.10. The molecule has 0 radical (unpaired) electrons. The van der Waals surface area contributed by atoms with Crippen LogP contribution in [-0.4, -0.2) is 20.2 Å². The Morgan fingerprint density at radius 1 is 1.29 bits per heavy atom. The minimum Gasteiger partial charge on any atom is -0.340 e. The molecule has 0 aliphatic rings. The predicted octanol–water partition coefficient (Wildman–Crippen LogP) is 1.91. The van der Waals surface area contributed by atoms with Crippen LogP contribution in [0.15, 0.2) is 18.2 Å². The zero-order valence-corrected chi connectivity index (χ0v) is 10.7. The lowest BCUT2D eigenvalue weighted by Gasteiger charge is -2.04. The summed E-state index contributed by atoms with van der Waals surface area (Å²) in [7, 11) is -4.71. The summed E-state index contributed by atoms with van der Waals surface area (Å²) in [6.07, 6.45) is -0.105. The van der Waals surface area contributed by atoms with Crippen molar-refractivity contribution in [1.82, 2.24) is 5.32 Å². The average Bonchev–Trinajstić information content (AvgIpc) is 2.20. The first-order chi connectivity index (χ1) is 7.78. The molecule has 8 heteroatoms. The van der Waals surface area contributed by atoms with Crippen molar-refractivity contribution in [3.63, 3.8) is 0 Å². The van der Waals surface area contributed by atoms with E-state index in [1.54, 1.807) is 6.07 Å². The summed E-state index contributed by atoms with van der Waals surface area (Å²) in [5, 5.41) is 2.56. The fraction of sp³-hybridized carbons (Fsp3) is 0.222. The molecule has 1 aromatic rings. The molecule has 0 aliphatic carbocycles. The number of benzene rings is 1. The van der Waals surface area contributed by atoms with Gasteiger partial charge in [-0.2, -0.15) is 8.42 Å². The van der Waals surface area contributed by atoms with Gasteiger partial charge in [0.25, 0.3) is 0 Å². The highest BCUT2D eigenvalue weighted by Crippen LogP contribution is 2.22. The van der Waals surface area contributed by atoms with Crippen molar-refractivity contribution in [2.75, 3.05) is 5.88 Å². The van der Waals surface area contributed by atoms with Crippen molar-refractivity contribution >= 4 is 39.3 Å². The van der Waals surface area contributed by atoms with Crippen LogP contribution in [0.3, 0.4) is 0 Å². The van der Waals surface area contributed by atoms with Gasteiger partial charge in [0.1, 0.15) is 0 Å². The molecule has 0 heterocycles. The Labute approximate surface area is 108 Å². The van der Waals surface area contributed by atoms with Crippen LogP contribution in [0.1, 0.15) is 5.56 Å². The normalized spacial score (nSPS) is 11.2. The SMILES string of the molecule is O=C(Cc1ccc(Cl)c(Cl)c1)NCS(=O)(=O)F. The second-order valence-corrected chi connectivity index (χ2v) is 5.39. The van der Waals surface area contributed by atoms with Crippen LogP contribution in [0.5, 0.6) is 0 Å². The summed E-state index contributed by atoms with van der Waals surface area (Å²) in [6, 6.07) is 4.56. The van der Waals surface area contributed by atoms with E-state index in [0.29, 0.717) is 10.6 Å². The predicted molar refractivity (Wildman–Crippen MR) is 63.2 cm³/mol. The molecule has 0 aliphatic heterocycles. The minimum absolute atomic E-state index is 0.105. The van der Waals surface area contributed by atoms with E-state index in [9.17, 15) is 17.1 Å². The molecule has 0 bridgehead atoms. The number of halogens is 3. The highest BCUT2D eigenvalue weighted by molar-refractivity contribution is 7.86. The monoisotopic (exact) mass is 299 g/mol. The zero-order chi connectivity index (χ0) is 13.1. The first kappa shape index (κ1) is 14.2. The lowest BCUT2D eigenvalue weighted by atomic mass is 10.1. The smallest absolute Gasteiger partial charge is 0.320 e. The van der Waals surface area contributed by atoms with Crippen molar-refractivity contribution in [1.29, 1.82) is 0 Å². The number of hydrogen-bond donors (Lipinski definition) is 1. The fourth-order valence-corrected chi connectivity index (χ4v) is 1.72. The van der Waals surface area contributed by atoms with Crippen molar-refractivity contribution in [3.05, 3.63) is 33.8 Å². The molecular weight excluding hydrogens is 292 g/mol. The van der Waals surface area contributed by atoms with E-state index < -0.39 is 22.0 Å². The second kappa shape index (κ2) is 5.66. The van der Waals surface area contributed by atoms with Gasteiger partial charge in [0.15, 0.2) is 5.88 Å². The van der Waals surface area contributed by atoms with Gasteiger partial charge < -0.3 is 5.32 Å². The second-order valence-electron chi connectivity index (χ2n) is 3.21. The van der Waals surface area contributed by atoms with Crippen LogP contribution < -0.4 is 5.32 Å². The van der Waals surface area contributed by atoms with Gasteiger partial charge in [-0.15, -0.1) is 3.89 Å². The van der Waals surface area contributed by atoms with Crippen molar-refractivity contribution in [2.24, 2.45) is 0 Å². The number of carbonyl (C=O) groups is 1. The molecule has 0 saturated carbocycles. The third kappa shape index (κ3) is 5.34. The largest absolute Gasteiger partial charge is 0.340 e. The Morgan fingerprint density at radius 2 is 1.94 bits per heavy atom. The molecule has 0 spiro atoms. The fourth-order valence-electron chi connectivity index (χ4n) is 1.06. The molecule has 0 saturated heterocycles. The van der Waals surface area contributed by atoms with Gasteiger partial charge in [0, 0.05) is 0 Å². The van der Waals surface area contributed by atoms with Crippen LogP contribution >= 0.6 is 23.2 Å². The van der Waals surface area contributed by atoms with E-state index in [-0.39, 0.29) is 11.4 Å². The number of hydrogen-bond acceptors (Lipinski definition) is 3. The van der Waals surface area contributed by atoms with E-state index in [0.717, 1.165) is 0 Å². The summed E-state index contributed by atoms with van der Waals surface area (Å²) >= 11 is 11.4. The van der Waals surface area contributed by atoms with Gasteiger partial charge in [-0.1, -0.05) is 29.3 Å². The van der Waals surface area contributed by atoms with Gasteiger partial charge in [-0.25, -0.2) is 0 Å². The molecule has 94 valence electrons. The van der Waals surface area contributed by atoms with E-state index >= 15 is 0 Å². The van der Waals surface area contributed by atoms with Crippen LogP contribution in [0.25, 0.3) is 0 Å². The average molecular weight is 300 g/mol. The van der Waals surface area contributed by atoms with E-state index in [1.807, 2.05) is 5.32 Å². The first-order valence-corrected chi connectivity index (χ1v) is 6.72. The lowest BCUT2D eigenvalue weighted by Crippen LogP contribution is -2.29. The molecule has 0 unspecified atom stereocenters. The minimum atomic E-state index is -4.71. The first-order valence-electron chi connectivity index (χ1n) is 4.41. The molecule has 1 amide bonds. The maximum Gasteiger partial charge on any atom is 0.320 e. The van der Waals surface area contributed by atoms with E-state index in [1.165, 1.54) is 12.1 Å². The summed E-state index contributed by atoms with van der Waals surface area (Å²) in [5.74, 6) is -1.66. The van der Waals surface area contributed by atoms with Crippen molar-refractivity contribution in [2.45, 2.75) is 6.42 Å². The molecule has 0 fully saturated rings. The Balaban J connectivity index is 2.59. The Bertz CT molecular complexity index is 533. The Kier molecular flexibility index (Phi) is 4.73. The summed E-state index contributed by atoms with van der Waals surface area (Å²) in [4.78, 5) is 11.2. The van der Waals surface area contributed by atoms with Gasteiger partial charge in [-0.3, -0.25) is 4.79 Å². The van der Waals surface area contributed by atoms with Crippen LogP contribution in [0.4, 0.5) is 3.89 Å². The van der Waals surface area contributed by atoms with Crippen LogP contribution in [-0.2, 0) is 21.4 Å². The molecule has 4 nitrogen and oxygen atoms in total. The van der Waals surface area contributed by atoms with E-state index in [2.05, 4.69) is 0 Å². The lowest BCUT2D eigenvalue weighted by molar-refractivity contribution is -0.120. The highest BCUT2D eigenvalue weighted by atomic mass is 35.5. The van der Waals surface area contributed by atoms with Gasteiger partial charge in [0.05, 0.1) is 16.5 Å². The maximum atomic E-state index is 12.1. The number of rotatable bonds is 4. The summed E-state index contributed by atoms with van der Waals surface area (Å²) in [5.41, 5.74) is 0.549. The number of amides is 1. The molecule has 17 heavy (non-hydrogen) atoms. The van der Waals surface area contributed by atoms with Crippen LogP contribution in [0, 0.1) is 0 Å². The van der Waals surface area contributed by atoms with Gasteiger partial charge in [0.2, 0.25) is 5.91 Å². The Hall–Kier alpha value is -0.850. The quantitative estimate of drug-likeness (QED) is 0.864. The molecular formula is C9H8Cl2FNO3S. The van der Waals surface area contributed by atoms with E-state index in [4.69, 9.17) is 23.2 Å². The third-order valence-electron chi connectivity index (χ3n) is 1.79. The topological polar surface area (TPSA) is 63.2 Å². The molecule has 0 aromatic heterocycles. The molecule has 0 atom stereocenters. The standard InChI is InChI=1S/C9H8Cl2FNO3S/c10-7-2-1-6(3-8(7)11)4-9(14)13-5-17(12,15)16/h1-3H,4-5H2,(H,13,14). The van der Waals surface area contributed by atoms with Crippen molar-refractivity contribution in [3.8, 4) is 0 Å². The van der Waals surface area contributed by atoms with Crippen molar-refractivity contribution < 1.29 is 17.1 Å². The summed E-state index contributed by atoms with van der Waals surface area (Å²) in [6.45, 7) is 0. The Morgan fingerprint density at radius 3 is 2.47 bits per heavy atom. The molecule has 1 aromatic carbocycles. The number of nitrogens with one attached hydrogen (secondary N) is 1. The molecule has 1 rings (SSSR count). The molecule has 1 N–H and O–H groups in total. The third-order valence-corrected chi connectivity index (χ3v) is 3.02. The summed E-state index contributed by atoms with van der Waals surface area (Å²) < 4.78 is 32.5. The van der Waals surface area contributed by atoms with Crippen LogP contribution in [0.2, 0.25) is 10.0 Å². The van der Waals surface area contributed by atoms with Gasteiger partial charge in [-0.05, 0) is 17.7 Å². The maximum absolute atomic E-state index is 12.1. The van der Waals surface area contributed by atoms with Gasteiger partial charge >= 0.3 is 10.2 Å².